The molecule has 0 saturated carbocycles. The Hall–Kier alpha value is -2.99. The van der Waals surface area contributed by atoms with Crippen molar-refractivity contribution in [1.29, 1.82) is 0 Å². The first-order valence-electron chi connectivity index (χ1n) is 17.2. The molecule has 248 valence electrons. The maximum Gasteiger partial charge on any atom is 0.272 e. The van der Waals surface area contributed by atoms with Gasteiger partial charge >= 0.3 is 0 Å². The average Bonchev–Trinajstić information content (AvgIpc) is 2.95. The van der Waals surface area contributed by atoms with Crippen molar-refractivity contribution < 1.29 is 9.47 Å². The molecule has 0 spiro atoms. The van der Waals surface area contributed by atoms with E-state index in [9.17, 15) is 0 Å². The van der Waals surface area contributed by atoms with Crippen LogP contribution in [0.5, 0.6) is 11.5 Å². The number of hydrogen-bond donors (Lipinski definition) is 0. The third-order valence-corrected chi connectivity index (χ3v) is 9.93. The molecule has 47 heavy (non-hydrogen) atoms. The molecular formula is C44H57AlO2. The van der Waals surface area contributed by atoms with Crippen LogP contribution >= 0.6 is 0 Å². The molecule has 0 atom stereocenters. The van der Waals surface area contributed by atoms with Crippen LogP contribution in [0.1, 0.15) is 119 Å². The van der Waals surface area contributed by atoms with Gasteiger partial charge in [-0.3, -0.25) is 0 Å². The monoisotopic (exact) mass is 644 g/mol. The van der Waals surface area contributed by atoms with Gasteiger partial charge in [-0.15, -0.1) is 0 Å². The summed E-state index contributed by atoms with van der Waals surface area (Å²) < 4.78 is 13.7. The van der Waals surface area contributed by atoms with E-state index in [-0.39, 0.29) is 27.6 Å². The normalized spacial score (nSPS) is 13.2. The first kappa shape index (κ1) is 36.8. The zero-order chi connectivity index (χ0) is 35.2. The number of hydrogen-bond acceptors (Lipinski definition) is 2. The Morgan fingerprint density at radius 1 is 0.468 bits per heavy atom. The zero-order valence-corrected chi connectivity index (χ0v) is 32.7. The molecule has 0 saturated heterocycles. The van der Waals surface area contributed by atoms with Crippen molar-refractivity contribution in [3.05, 3.63) is 107 Å². The van der Waals surface area contributed by atoms with E-state index in [1.54, 1.807) is 0 Å². The lowest BCUT2D eigenvalue weighted by Gasteiger charge is -2.42. The molecule has 4 aromatic rings. The predicted octanol–water partition coefficient (Wildman–Crippen LogP) is 12.1. The second kappa shape index (κ2) is 13.1. The first-order chi connectivity index (χ1) is 21.5. The van der Waals surface area contributed by atoms with Crippen molar-refractivity contribution in [3.8, 4) is 33.8 Å². The van der Waals surface area contributed by atoms with Crippen LogP contribution in [0.25, 0.3) is 22.3 Å². The Kier molecular flexibility index (Phi) is 10.3. The molecule has 4 aromatic carbocycles. The highest BCUT2D eigenvalue weighted by Gasteiger charge is 2.38. The summed E-state index contributed by atoms with van der Waals surface area (Å²) in [5.41, 5.74) is 8.92. The summed E-state index contributed by atoms with van der Waals surface area (Å²) in [7, 11) is 0. The van der Waals surface area contributed by atoms with Gasteiger partial charge < -0.3 is 9.47 Å². The molecule has 0 aromatic heterocycles. The summed E-state index contributed by atoms with van der Waals surface area (Å²) in [6.07, 6.45) is 0. The zero-order valence-electron chi connectivity index (χ0n) is 31.6. The van der Waals surface area contributed by atoms with Crippen LogP contribution in [-0.4, -0.2) is 20.9 Å². The van der Waals surface area contributed by atoms with Crippen molar-refractivity contribution in [2.75, 3.05) is 0 Å². The van der Waals surface area contributed by atoms with Crippen LogP contribution in [0.2, 0.25) is 0 Å². The fourth-order valence-corrected chi connectivity index (χ4v) is 5.93. The van der Waals surface area contributed by atoms with E-state index in [4.69, 9.17) is 9.47 Å². The summed E-state index contributed by atoms with van der Waals surface area (Å²) in [5.74, 6) is 1.72. The lowest BCUT2D eigenvalue weighted by atomic mass is 9.78. The summed E-state index contributed by atoms with van der Waals surface area (Å²) in [6.45, 7) is 31.7. The number of benzene rings is 4. The van der Waals surface area contributed by atoms with Crippen molar-refractivity contribution in [3.63, 3.8) is 0 Å². The van der Waals surface area contributed by atoms with Crippen molar-refractivity contribution in [2.45, 2.75) is 123 Å². The van der Waals surface area contributed by atoms with Crippen LogP contribution in [-0.2, 0) is 21.7 Å². The molecule has 0 bridgehead atoms. The quantitative estimate of drug-likeness (QED) is 0.147. The molecule has 2 nitrogen and oxygen atoms in total. The van der Waals surface area contributed by atoms with Gasteiger partial charge in [-0.1, -0.05) is 170 Å². The highest BCUT2D eigenvalue weighted by atomic mass is 27.0. The fourth-order valence-electron chi connectivity index (χ4n) is 5.70. The Bertz CT molecular complexity index is 1550. The van der Waals surface area contributed by atoms with Crippen LogP contribution in [0.15, 0.2) is 84.9 Å². The van der Waals surface area contributed by atoms with E-state index >= 15 is 0 Å². The highest BCUT2D eigenvalue weighted by molar-refractivity contribution is 6.14. The van der Waals surface area contributed by atoms with E-state index < -0.39 is 4.65 Å². The molecule has 0 amide bonds. The molecule has 0 aliphatic carbocycles. The third-order valence-electron chi connectivity index (χ3n) is 9.02. The predicted molar refractivity (Wildman–Crippen MR) is 203 cm³/mol. The molecule has 0 unspecified atom stereocenters. The second-order valence-electron chi connectivity index (χ2n) is 17.6. The SMILES string of the molecule is CC(C)[C]([Al])(Oc1c(-c2ccccc2)cc(C(C)(C)C)cc1C(C)(C)C)Oc1c(-c2ccccc2)cc(C(C)(C)C)cc1C(C)(C)C. The van der Waals surface area contributed by atoms with Gasteiger partial charge in [0.2, 0.25) is 0 Å². The fraction of sp³-hybridized carbons (Fsp3) is 0.455. The maximum atomic E-state index is 7.38. The summed E-state index contributed by atoms with van der Waals surface area (Å²) in [4.78, 5) is 0. The topological polar surface area (TPSA) is 18.5 Å². The van der Waals surface area contributed by atoms with Gasteiger partial charge in [0, 0.05) is 28.2 Å². The standard InChI is InChI=1S/C44H57O2.Al/c1-29(2)40(45-38-34(30-21-17-15-18-22-30)25-32(41(3,4)5)27-36(38)43(9,10)11)46-39-35(31-23-19-16-20-24-31)26-33(42(6,7)8)28-37(39)44(12,13)14;/h15-29H,1-14H3;. The smallest absolute Gasteiger partial charge is 0.272 e. The minimum absolute atomic E-state index is 0.00929. The van der Waals surface area contributed by atoms with Crippen LogP contribution in [0.3, 0.4) is 0 Å². The second-order valence-corrected chi connectivity index (χ2v) is 18.4. The molecule has 0 aliphatic heterocycles. The maximum absolute atomic E-state index is 7.38. The Labute approximate surface area is 294 Å². The minimum atomic E-state index is -1.07. The molecule has 0 fully saturated rings. The molecular weight excluding hydrogens is 587 g/mol. The molecule has 0 heterocycles. The van der Waals surface area contributed by atoms with Crippen LogP contribution in [0.4, 0.5) is 0 Å². The van der Waals surface area contributed by atoms with E-state index in [2.05, 4.69) is 198 Å². The van der Waals surface area contributed by atoms with Crippen molar-refractivity contribution in [2.24, 2.45) is 5.92 Å². The molecule has 4 rings (SSSR count). The molecule has 0 N–H and O–H groups in total. The largest absolute Gasteiger partial charge is 0.470 e. The van der Waals surface area contributed by atoms with Gasteiger partial charge in [0.15, 0.2) is 4.65 Å². The third kappa shape index (κ3) is 8.36. The number of ether oxygens (including phenoxy) is 2. The van der Waals surface area contributed by atoms with Gasteiger partial charge in [-0.25, -0.2) is 0 Å². The van der Waals surface area contributed by atoms with Gasteiger partial charge in [-0.2, -0.15) is 0 Å². The van der Waals surface area contributed by atoms with Gasteiger partial charge in [-0.05, 0) is 56.0 Å². The Morgan fingerprint density at radius 3 is 1.04 bits per heavy atom. The summed E-state index contributed by atoms with van der Waals surface area (Å²) >= 11 is 3.00. The molecule has 2 radical (unpaired) electrons. The Morgan fingerprint density at radius 2 is 0.787 bits per heavy atom. The van der Waals surface area contributed by atoms with E-state index in [1.807, 2.05) is 0 Å². The first-order valence-corrected chi connectivity index (χ1v) is 17.8. The highest BCUT2D eigenvalue weighted by Crippen LogP contribution is 2.48. The Balaban J connectivity index is 2.04. The van der Waals surface area contributed by atoms with Gasteiger partial charge in [0.1, 0.15) is 11.5 Å². The van der Waals surface area contributed by atoms with Crippen LogP contribution < -0.4 is 9.47 Å². The summed E-state index contributed by atoms with van der Waals surface area (Å²) in [5, 5.41) is 0. The van der Waals surface area contributed by atoms with Crippen LogP contribution in [0, 0.1) is 5.92 Å². The van der Waals surface area contributed by atoms with Crippen molar-refractivity contribution in [1.82, 2.24) is 0 Å². The van der Waals surface area contributed by atoms with E-state index in [0.717, 1.165) is 33.8 Å². The lowest BCUT2D eigenvalue weighted by Crippen LogP contribution is -2.49. The van der Waals surface area contributed by atoms with E-state index in [1.165, 1.54) is 22.3 Å². The summed E-state index contributed by atoms with van der Waals surface area (Å²) in [6, 6.07) is 30.6. The lowest BCUT2D eigenvalue weighted by molar-refractivity contribution is -0.0748. The van der Waals surface area contributed by atoms with Crippen molar-refractivity contribution >= 4 is 16.3 Å². The van der Waals surface area contributed by atoms with E-state index in [0.29, 0.717) is 0 Å². The van der Waals surface area contributed by atoms with Gasteiger partial charge in [0.05, 0.1) is 0 Å². The molecule has 0 aliphatic rings. The molecule has 3 heteroatoms. The van der Waals surface area contributed by atoms with Gasteiger partial charge in [0.25, 0.3) is 16.3 Å². The number of rotatable bonds is 7. The minimum Gasteiger partial charge on any atom is -0.470 e. The average molecular weight is 645 g/mol.